The standard InChI is InChI=1S/C15H13N3O4/c1-2-16-14-11(15(20)21)12(19)10(22-14)6-8-7-18-13-9(8)4-3-5-17-13/h3-7,16H,2H2,1H3,(H,17,18)(H,20,21). The zero-order chi connectivity index (χ0) is 15.7. The van der Waals surface area contributed by atoms with Gasteiger partial charge in [0.25, 0.3) is 0 Å². The lowest BCUT2D eigenvalue weighted by molar-refractivity contribution is -0.134. The van der Waals surface area contributed by atoms with Gasteiger partial charge >= 0.3 is 5.97 Å². The average molecular weight is 299 g/mol. The Labute approximate surface area is 125 Å². The van der Waals surface area contributed by atoms with E-state index >= 15 is 0 Å². The second-order valence-corrected chi connectivity index (χ2v) is 4.62. The molecule has 22 heavy (non-hydrogen) atoms. The number of aromatic nitrogens is 2. The van der Waals surface area contributed by atoms with Crippen molar-refractivity contribution in [3.8, 4) is 0 Å². The third kappa shape index (κ3) is 2.22. The summed E-state index contributed by atoms with van der Waals surface area (Å²) in [6.45, 7) is 2.23. The van der Waals surface area contributed by atoms with Gasteiger partial charge in [-0.2, -0.15) is 0 Å². The number of aliphatic carboxylic acids is 1. The second-order valence-electron chi connectivity index (χ2n) is 4.62. The first-order valence-electron chi connectivity index (χ1n) is 6.69. The molecule has 3 heterocycles. The van der Waals surface area contributed by atoms with Crippen molar-refractivity contribution >= 4 is 28.9 Å². The van der Waals surface area contributed by atoms with Crippen molar-refractivity contribution in [2.24, 2.45) is 0 Å². The van der Waals surface area contributed by atoms with Crippen molar-refractivity contribution < 1.29 is 19.4 Å². The van der Waals surface area contributed by atoms with Crippen LogP contribution in [0.4, 0.5) is 0 Å². The predicted octanol–water partition coefficient (Wildman–Crippen LogP) is 1.41. The zero-order valence-corrected chi connectivity index (χ0v) is 11.7. The molecule has 1 aliphatic rings. The first kappa shape index (κ1) is 13.9. The fourth-order valence-electron chi connectivity index (χ4n) is 2.25. The van der Waals surface area contributed by atoms with Crippen LogP contribution in [-0.2, 0) is 14.3 Å². The van der Waals surface area contributed by atoms with Crippen molar-refractivity contribution in [3.63, 3.8) is 0 Å². The summed E-state index contributed by atoms with van der Waals surface area (Å²) in [5, 5.41) is 12.7. The zero-order valence-electron chi connectivity index (χ0n) is 11.7. The topological polar surface area (TPSA) is 104 Å². The van der Waals surface area contributed by atoms with E-state index in [1.54, 1.807) is 25.4 Å². The lowest BCUT2D eigenvalue weighted by Crippen LogP contribution is -2.17. The molecule has 112 valence electrons. The molecular formula is C15H13N3O4. The molecule has 0 amide bonds. The summed E-state index contributed by atoms with van der Waals surface area (Å²) in [4.78, 5) is 30.5. The molecule has 7 nitrogen and oxygen atoms in total. The number of carboxylic acid groups (broad SMARTS) is 1. The highest BCUT2D eigenvalue weighted by Crippen LogP contribution is 2.27. The maximum atomic E-state index is 12.2. The number of nitrogens with zero attached hydrogens (tertiary/aromatic N) is 1. The maximum absolute atomic E-state index is 12.2. The van der Waals surface area contributed by atoms with Gasteiger partial charge in [0.2, 0.25) is 11.7 Å². The molecule has 0 saturated carbocycles. The van der Waals surface area contributed by atoms with E-state index in [-0.39, 0.29) is 17.2 Å². The van der Waals surface area contributed by atoms with Crippen LogP contribution in [0.2, 0.25) is 0 Å². The minimum Gasteiger partial charge on any atom is -0.477 e. The summed E-state index contributed by atoms with van der Waals surface area (Å²) < 4.78 is 5.38. The normalized spacial score (nSPS) is 16.4. The molecule has 0 bridgehead atoms. The number of allylic oxidation sites excluding steroid dienone is 1. The number of rotatable bonds is 4. The Morgan fingerprint density at radius 2 is 2.36 bits per heavy atom. The third-order valence-corrected chi connectivity index (χ3v) is 3.21. The molecule has 0 spiro atoms. The Morgan fingerprint density at radius 3 is 3.09 bits per heavy atom. The van der Waals surface area contributed by atoms with Crippen molar-refractivity contribution in [1.29, 1.82) is 0 Å². The quantitative estimate of drug-likeness (QED) is 0.582. The van der Waals surface area contributed by atoms with E-state index < -0.39 is 11.8 Å². The molecule has 0 saturated heterocycles. The predicted molar refractivity (Wildman–Crippen MR) is 78.5 cm³/mol. The molecular weight excluding hydrogens is 286 g/mol. The van der Waals surface area contributed by atoms with Crippen LogP contribution in [0.25, 0.3) is 17.1 Å². The molecule has 2 aromatic rings. The van der Waals surface area contributed by atoms with Gasteiger partial charge in [0.05, 0.1) is 0 Å². The molecule has 0 fully saturated rings. The number of fused-ring (bicyclic) bond motifs is 1. The van der Waals surface area contributed by atoms with E-state index in [9.17, 15) is 9.59 Å². The summed E-state index contributed by atoms with van der Waals surface area (Å²) in [6, 6.07) is 3.63. The Morgan fingerprint density at radius 1 is 1.55 bits per heavy atom. The molecule has 3 rings (SSSR count). The van der Waals surface area contributed by atoms with Crippen LogP contribution in [-0.4, -0.2) is 33.4 Å². The molecule has 0 aliphatic carbocycles. The van der Waals surface area contributed by atoms with Gasteiger partial charge in [-0.25, -0.2) is 9.78 Å². The molecule has 1 aliphatic heterocycles. The SMILES string of the molecule is CCNC1=C(C(=O)O)C(=O)C(=Cc2c[nH]c3ncccc23)O1. The lowest BCUT2D eigenvalue weighted by atomic mass is 10.1. The van der Waals surface area contributed by atoms with E-state index in [1.165, 1.54) is 6.08 Å². The van der Waals surface area contributed by atoms with Gasteiger partial charge in [0, 0.05) is 29.9 Å². The Kier molecular flexibility index (Phi) is 3.38. The molecule has 7 heteroatoms. The van der Waals surface area contributed by atoms with Crippen LogP contribution in [0, 0.1) is 0 Å². The van der Waals surface area contributed by atoms with Crippen molar-refractivity contribution in [3.05, 3.63) is 47.3 Å². The van der Waals surface area contributed by atoms with E-state index in [2.05, 4.69) is 15.3 Å². The lowest BCUT2D eigenvalue weighted by Gasteiger charge is -2.04. The minimum atomic E-state index is -1.31. The number of carbonyl (C=O) groups is 2. The van der Waals surface area contributed by atoms with E-state index in [4.69, 9.17) is 9.84 Å². The summed E-state index contributed by atoms with van der Waals surface area (Å²) in [7, 11) is 0. The van der Waals surface area contributed by atoms with E-state index in [0.717, 1.165) is 5.39 Å². The first-order chi connectivity index (χ1) is 10.6. The summed E-state index contributed by atoms with van der Waals surface area (Å²) in [5.74, 6) is -2.02. The number of H-pyrrole nitrogens is 1. The highest BCUT2D eigenvalue weighted by molar-refractivity contribution is 6.26. The highest BCUT2D eigenvalue weighted by Gasteiger charge is 2.35. The third-order valence-electron chi connectivity index (χ3n) is 3.21. The number of carbonyl (C=O) groups excluding carboxylic acids is 1. The van der Waals surface area contributed by atoms with Gasteiger partial charge in [0.15, 0.2) is 11.3 Å². The summed E-state index contributed by atoms with van der Waals surface area (Å²) >= 11 is 0. The second kappa shape index (κ2) is 5.36. The van der Waals surface area contributed by atoms with Gasteiger partial charge in [-0.05, 0) is 25.1 Å². The van der Waals surface area contributed by atoms with Gasteiger partial charge in [-0.1, -0.05) is 0 Å². The average Bonchev–Trinajstić information content (AvgIpc) is 3.02. The number of aromatic amines is 1. The number of nitrogens with one attached hydrogen (secondary N) is 2. The van der Waals surface area contributed by atoms with Crippen molar-refractivity contribution in [2.75, 3.05) is 6.54 Å². The van der Waals surface area contributed by atoms with Crippen LogP contribution >= 0.6 is 0 Å². The largest absolute Gasteiger partial charge is 0.477 e. The van der Waals surface area contributed by atoms with Gasteiger partial charge < -0.3 is 20.1 Å². The number of ether oxygens (including phenoxy) is 1. The van der Waals surface area contributed by atoms with Crippen LogP contribution in [0.1, 0.15) is 12.5 Å². The summed E-state index contributed by atoms with van der Waals surface area (Å²) in [5.41, 5.74) is 0.998. The van der Waals surface area contributed by atoms with Crippen LogP contribution < -0.4 is 5.32 Å². The fourth-order valence-corrected chi connectivity index (χ4v) is 2.25. The Hall–Kier alpha value is -3.09. The Bertz CT molecular complexity index is 832. The first-order valence-corrected chi connectivity index (χ1v) is 6.69. The molecule has 0 aromatic carbocycles. The van der Waals surface area contributed by atoms with Gasteiger partial charge in [0.1, 0.15) is 5.65 Å². The molecule has 3 N–H and O–H groups in total. The number of Topliss-reactive ketones (excluding diaryl/α,β-unsaturated/α-hetero) is 1. The number of carboxylic acids is 1. The molecule has 0 atom stereocenters. The van der Waals surface area contributed by atoms with Gasteiger partial charge in [-0.3, -0.25) is 4.79 Å². The maximum Gasteiger partial charge on any atom is 0.345 e. The molecule has 0 unspecified atom stereocenters. The number of hydrogen-bond donors (Lipinski definition) is 3. The minimum absolute atomic E-state index is 0.0239. The van der Waals surface area contributed by atoms with Crippen molar-refractivity contribution in [1.82, 2.24) is 15.3 Å². The Balaban J connectivity index is 2.00. The fraction of sp³-hybridized carbons (Fsp3) is 0.133. The van der Waals surface area contributed by atoms with Crippen molar-refractivity contribution in [2.45, 2.75) is 6.92 Å². The van der Waals surface area contributed by atoms with E-state index in [0.29, 0.717) is 17.8 Å². The van der Waals surface area contributed by atoms with Crippen LogP contribution in [0.5, 0.6) is 0 Å². The van der Waals surface area contributed by atoms with Crippen LogP contribution in [0.15, 0.2) is 41.7 Å². The number of hydrogen-bond acceptors (Lipinski definition) is 5. The highest BCUT2D eigenvalue weighted by atomic mass is 16.5. The summed E-state index contributed by atoms with van der Waals surface area (Å²) in [6.07, 6.45) is 4.85. The monoisotopic (exact) mass is 299 g/mol. The molecule has 2 aromatic heterocycles. The van der Waals surface area contributed by atoms with Crippen LogP contribution in [0.3, 0.4) is 0 Å². The van der Waals surface area contributed by atoms with Gasteiger partial charge in [-0.15, -0.1) is 0 Å². The van der Waals surface area contributed by atoms with E-state index in [1.807, 2.05) is 6.07 Å². The molecule has 0 radical (unpaired) electrons. The smallest absolute Gasteiger partial charge is 0.345 e. The number of ketones is 1. The number of pyridine rings is 1.